The number of hydrogen-bond acceptors (Lipinski definition) is 2. The molecule has 0 radical (unpaired) electrons. The zero-order chi connectivity index (χ0) is 13.3. The molecule has 18 heavy (non-hydrogen) atoms. The van der Waals surface area contributed by atoms with E-state index in [-0.39, 0.29) is 12.6 Å². The lowest BCUT2D eigenvalue weighted by atomic mass is 9.91. The fourth-order valence-electron chi connectivity index (χ4n) is 2.56. The molecule has 3 N–H and O–H groups in total. The number of alkyl halides is 3. The minimum atomic E-state index is -4.19. The van der Waals surface area contributed by atoms with E-state index in [1.807, 2.05) is 0 Å². The monoisotopic (exact) mass is 265 g/mol. The second-order valence-electron chi connectivity index (χ2n) is 5.30. The molecular weight excluding hydrogens is 247 g/mol. The summed E-state index contributed by atoms with van der Waals surface area (Å²) in [4.78, 5) is 12.5. The Hall–Kier alpha value is -0.980. The lowest BCUT2D eigenvalue weighted by Crippen LogP contribution is -2.53. The van der Waals surface area contributed by atoms with Gasteiger partial charge in [0.05, 0.1) is 0 Å². The summed E-state index contributed by atoms with van der Waals surface area (Å²) in [5.41, 5.74) is 5.18. The van der Waals surface area contributed by atoms with E-state index in [0.717, 1.165) is 12.8 Å². The van der Waals surface area contributed by atoms with Gasteiger partial charge in [-0.2, -0.15) is 13.2 Å². The number of carbonyl (C=O) groups is 1. The molecule has 1 aliphatic carbocycles. The topological polar surface area (TPSA) is 58.4 Å². The zero-order valence-electron chi connectivity index (χ0n) is 10.0. The van der Waals surface area contributed by atoms with Crippen LogP contribution in [0.3, 0.4) is 0 Å². The van der Waals surface area contributed by atoms with Crippen LogP contribution in [-0.2, 0) is 0 Å². The maximum atomic E-state index is 12.4. The van der Waals surface area contributed by atoms with Crippen molar-refractivity contribution in [3.63, 3.8) is 0 Å². The summed E-state index contributed by atoms with van der Waals surface area (Å²) in [6.07, 6.45) is -2.44. The van der Waals surface area contributed by atoms with Gasteiger partial charge in [0.2, 0.25) is 0 Å². The molecule has 2 unspecified atom stereocenters. The molecule has 2 amide bonds. The van der Waals surface area contributed by atoms with E-state index in [1.165, 1.54) is 4.90 Å². The molecule has 1 saturated carbocycles. The van der Waals surface area contributed by atoms with Crippen LogP contribution in [-0.4, -0.2) is 42.3 Å². The zero-order valence-corrected chi connectivity index (χ0v) is 10.0. The molecule has 0 aromatic carbocycles. The molecule has 1 saturated heterocycles. The molecule has 2 fully saturated rings. The lowest BCUT2D eigenvalue weighted by molar-refractivity contribution is -0.148. The second-order valence-corrected chi connectivity index (χ2v) is 5.30. The maximum Gasteiger partial charge on any atom is 0.389 e. The number of primary amides is 1. The first-order valence-electron chi connectivity index (χ1n) is 6.20. The second kappa shape index (κ2) is 4.95. The van der Waals surface area contributed by atoms with Gasteiger partial charge in [0.15, 0.2) is 0 Å². The number of nitrogens with one attached hydrogen (secondary N) is 1. The molecule has 0 aromatic rings. The van der Waals surface area contributed by atoms with E-state index in [4.69, 9.17) is 5.73 Å². The molecule has 4 nitrogen and oxygen atoms in total. The minimum absolute atomic E-state index is 0.0638. The van der Waals surface area contributed by atoms with Gasteiger partial charge in [-0.25, -0.2) is 4.79 Å². The van der Waals surface area contributed by atoms with Crippen LogP contribution in [0.15, 0.2) is 0 Å². The van der Waals surface area contributed by atoms with E-state index in [1.54, 1.807) is 0 Å². The molecule has 2 rings (SSSR count). The predicted octanol–water partition coefficient (Wildman–Crippen LogP) is 1.46. The Balaban J connectivity index is 1.94. The Bertz CT molecular complexity index is 317. The number of urea groups is 1. The Labute approximate surface area is 104 Å². The first kappa shape index (κ1) is 13.5. The number of carbonyl (C=O) groups excluding carboxylic acids is 1. The van der Waals surface area contributed by atoms with Crippen molar-refractivity contribution in [2.75, 3.05) is 13.1 Å². The van der Waals surface area contributed by atoms with Crippen LogP contribution in [0.25, 0.3) is 0 Å². The summed E-state index contributed by atoms with van der Waals surface area (Å²) in [6, 6.07) is -0.287. The highest BCUT2D eigenvalue weighted by Crippen LogP contribution is 2.31. The van der Waals surface area contributed by atoms with Crippen LogP contribution in [0.4, 0.5) is 18.0 Å². The number of rotatable bonds is 3. The van der Waals surface area contributed by atoms with Crippen molar-refractivity contribution in [3.8, 4) is 0 Å². The van der Waals surface area contributed by atoms with Gasteiger partial charge in [-0.05, 0) is 25.2 Å². The Morgan fingerprint density at radius 1 is 1.28 bits per heavy atom. The lowest BCUT2D eigenvalue weighted by Gasteiger charge is -2.37. The van der Waals surface area contributed by atoms with Gasteiger partial charge >= 0.3 is 12.2 Å². The molecule has 2 aliphatic rings. The first-order chi connectivity index (χ1) is 8.33. The van der Waals surface area contributed by atoms with Gasteiger partial charge in [0, 0.05) is 31.6 Å². The Morgan fingerprint density at radius 2 is 1.94 bits per heavy atom. The SMILES string of the molecule is NC(=O)N1CC(CC(F)(F)F)CC(NC2CC2)C1. The van der Waals surface area contributed by atoms with Gasteiger partial charge < -0.3 is 16.0 Å². The predicted molar refractivity (Wildman–Crippen MR) is 59.9 cm³/mol. The normalized spacial score (nSPS) is 29.4. The molecule has 1 heterocycles. The number of piperidine rings is 1. The summed E-state index contributed by atoms with van der Waals surface area (Å²) < 4.78 is 37.2. The van der Waals surface area contributed by atoms with Crippen LogP contribution in [0.1, 0.15) is 25.7 Å². The fraction of sp³-hybridized carbons (Fsp3) is 0.909. The van der Waals surface area contributed by atoms with Crippen LogP contribution in [0.2, 0.25) is 0 Å². The number of likely N-dealkylation sites (tertiary alicyclic amines) is 1. The molecule has 7 heteroatoms. The molecule has 2 atom stereocenters. The third kappa shape index (κ3) is 4.04. The third-order valence-electron chi connectivity index (χ3n) is 3.42. The molecule has 104 valence electrons. The average Bonchev–Trinajstić information content (AvgIpc) is 2.98. The summed E-state index contributed by atoms with van der Waals surface area (Å²) in [6.45, 7) is 0.526. The van der Waals surface area contributed by atoms with E-state index >= 15 is 0 Å². The van der Waals surface area contributed by atoms with Gasteiger partial charge in [-0.3, -0.25) is 0 Å². The minimum Gasteiger partial charge on any atom is -0.351 e. The number of nitrogens with two attached hydrogens (primary N) is 1. The average molecular weight is 265 g/mol. The highest BCUT2D eigenvalue weighted by molar-refractivity contribution is 5.72. The van der Waals surface area contributed by atoms with Gasteiger partial charge in [-0.15, -0.1) is 0 Å². The maximum absolute atomic E-state index is 12.4. The summed E-state index contributed by atoms with van der Waals surface area (Å²) in [5.74, 6) is -0.553. The molecule has 0 bridgehead atoms. The number of amides is 2. The molecular formula is C11H18F3N3O. The summed E-state index contributed by atoms with van der Waals surface area (Å²) in [7, 11) is 0. The van der Waals surface area contributed by atoms with E-state index in [0.29, 0.717) is 19.0 Å². The van der Waals surface area contributed by atoms with Gasteiger partial charge in [-0.1, -0.05) is 0 Å². The van der Waals surface area contributed by atoms with E-state index in [9.17, 15) is 18.0 Å². The van der Waals surface area contributed by atoms with Crippen LogP contribution in [0, 0.1) is 5.92 Å². The van der Waals surface area contributed by atoms with Crippen molar-refractivity contribution in [1.29, 1.82) is 0 Å². The highest BCUT2D eigenvalue weighted by atomic mass is 19.4. The third-order valence-corrected chi connectivity index (χ3v) is 3.42. The van der Waals surface area contributed by atoms with Crippen molar-refractivity contribution < 1.29 is 18.0 Å². The van der Waals surface area contributed by atoms with Crippen molar-refractivity contribution in [2.45, 2.75) is 43.9 Å². The fourth-order valence-corrected chi connectivity index (χ4v) is 2.56. The van der Waals surface area contributed by atoms with Crippen molar-refractivity contribution in [3.05, 3.63) is 0 Å². The van der Waals surface area contributed by atoms with Crippen molar-refractivity contribution in [2.24, 2.45) is 11.7 Å². The van der Waals surface area contributed by atoms with Crippen LogP contribution < -0.4 is 11.1 Å². The molecule has 0 spiro atoms. The van der Waals surface area contributed by atoms with E-state index in [2.05, 4.69) is 5.32 Å². The van der Waals surface area contributed by atoms with Crippen molar-refractivity contribution >= 4 is 6.03 Å². The van der Waals surface area contributed by atoms with Crippen molar-refractivity contribution in [1.82, 2.24) is 10.2 Å². The smallest absolute Gasteiger partial charge is 0.351 e. The largest absolute Gasteiger partial charge is 0.389 e. The van der Waals surface area contributed by atoms with Crippen LogP contribution >= 0.6 is 0 Å². The quantitative estimate of drug-likeness (QED) is 0.811. The number of hydrogen-bond donors (Lipinski definition) is 2. The molecule has 1 aliphatic heterocycles. The van der Waals surface area contributed by atoms with Gasteiger partial charge in [0.1, 0.15) is 0 Å². The molecule has 0 aromatic heterocycles. The Kier molecular flexibility index (Phi) is 3.70. The van der Waals surface area contributed by atoms with E-state index < -0.39 is 24.5 Å². The highest BCUT2D eigenvalue weighted by Gasteiger charge is 2.38. The Morgan fingerprint density at radius 3 is 2.44 bits per heavy atom. The standard InChI is InChI=1S/C11H18F3N3O/c12-11(13,14)4-7-3-9(16-8-1-2-8)6-17(5-7)10(15)18/h7-9,16H,1-6H2,(H2,15,18). The van der Waals surface area contributed by atoms with Gasteiger partial charge in [0.25, 0.3) is 0 Å². The van der Waals surface area contributed by atoms with Crippen LogP contribution in [0.5, 0.6) is 0 Å². The summed E-state index contributed by atoms with van der Waals surface area (Å²) in [5, 5.41) is 3.28. The number of halogens is 3. The number of nitrogens with zero attached hydrogens (tertiary/aromatic N) is 1. The first-order valence-corrected chi connectivity index (χ1v) is 6.20. The summed E-state index contributed by atoms with van der Waals surface area (Å²) >= 11 is 0.